The Balaban J connectivity index is 0.000000151. The van der Waals surface area contributed by atoms with Crippen LogP contribution in [0.1, 0.15) is 11.1 Å². The van der Waals surface area contributed by atoms with E-state index in [1.54, 1.807) is 12.1 Å². The molecule has 0 spiro atoms. The van der Waals surface area contributed by atoms with Gasteiger partial charge in [-0.3, -0.25) is 0 Å². The quantitative estimate of drug-likeness (QED) is 0.450. The van der Waals surface area contributed by atoms with Crippen LogP contribution in [0.4, 0.5) is 8.78 Å². The first kappa shape index (κ1) is 18.1. The van der Waals surface area contributed by atoms with Crippen molar-refractivity contribution in [1.29, 1.82) is 0 Å². The fourth-order valence-corrected chi connectivity index (χ4v) is 3.04. The number of H-pyrrole nitrogens is 2. The molecule has 2 aromatic heterocycles. The van der Waals surface area contributed by atoms with Crippen molar-refractivity contribution in [3.8, 4) is 0 Å². The molecule has 0 saturated heterocycles. The second kappa shape index (κ2) is 8.12. The third kappa shape index (κ3) is 3.92. The molecule has 0 fully saturated rings. The number of fused-ring (bicyclic) bond motifs is 2. The summed E-state index contributed by atoms with van der Waals surface area (Å²) in [5.74, 6) is -0.428. The average Bonchev–Trinajstić information content (AvgIpc) is 3.20. The fourth-order valence-electron chi connectivity index (χ4n) is 3.04. The number of halogens is 2. The van der Waals surface area contributed by atoms with Crippen molar-refractivity contribution in [3.05, 3.63) is 71.6 Å². The monoisotopic (exact) mass is 356 g/mol. The van der Waals surface area contributed by atoms with E-state index in [0.717, 1.165) is 45.8 Å². The van der Waals surface area contributed by atoms with Crippen LogP contribution in [-0.2, 0) is 12.8 Å². The van der Waals surface area contributed by atoms with Crippen molar-refractivity contribution in [2.45, 2.75) is 12.8 Å². The van der Waals surface area contributed by atoms with Gasteiger partial charge >= 0.3 is 0 Å². The van der Waals surface area contributed by atoms with Gasteiger partial charge in [0.05, 0.1) is 0 Å². The molecule has 6 heteroatoms. The lowest BCUT2D eigenvalue weighted by atomic mass is 10.1. The Hall–Kier alpha value is -2.70. The van der Waals surface area contributed by atoms with E-state index in [4.69, 9.17) is 11.5 Å². The van der Waals surface area contributed by atoms with Crippen LogP contribution < -0.4 is 11.5 Å². The van der Waals surface area contributed by atoms with Gasteiger partial charge in [-0.25, -0.2) is 8.78 Å². The summed E-state index contributed by atoms with van der Waals surface area (Å²) < 4.78 is 25.6. The summed E-state index contributed by atoms with van der Waals surface area (Å²) in [5, 5.41) is 2.12. The number of nitrogens with two attached hydrogens (primary N) is 2. The first-order chi connectivity index (χ1) is 12.6. The first-order valence-corrected chi connectivity index (χ1v) is 8.53. The average molecular weight is 356 g/mol. The minimum Gasteiger partial charge on any atom is -0.361 e. The molecule has 0 amide bonds. The van der Waals surface area contributed by atoms with Gasteiger partial charge in [-0.05, 0) is 73.5 Å². The summed E-state index contributed by atoms with van der Waals surface area (Å²) in [5.41, 5.74) is 14.9. The zero-order valence-electron chi connectivity index (χ0n) is 14.4. The summed E-state index contributed by atoms with van der Waals surface area (Å²) in [6, 6.07) is 9.50. The van der Waals surface area contributed by atoms with Crippen molar-refractivity contribution >= 4 is 21.8 Å². The molecule has 6 N–H and O–H groups in total. The van der Waals surface area contributed by atoms with Crippen LogP contribution in [0.25, 0.3) is 21.8 Å². The Morgan fingerprint density at radius 2 is 1.12 bits per heavy atom. The molecule has 2 heterocycles. The number of rotatable bonds is 4. The van der Waals surface area contributed by atoms with Gasteiger partial charge in [0, 0.05) is 34.2 Å². The molecule has 0 aliphatic rings. The number of benzene rings is 2. The zero-order chi connectivity index (χ0) is 18.5. The molecule has 136 valence electrons. The van der Waals surface area contributed by atoms with Crippen molar-refractivity contribution in [2.24, 2.45) is 11.5 Å². The molecule has 2 aromatic carbocycles. The third-order valence-electron chi connectivity index (χ3n) is 4.29. The van der Waals surface area contributed by atoms with Crippen LogP contribution in [0, 0.1) is 11.6 Å². The fraction of sp³-hybridized carbons (Fsp3) is 0.200. The van der Waals surface area contributed by atoms with E-state index >= 15 is 0 Å². The molecule has 0 radical (unpaired) electrons. The molecule has 26 heavy (non-hydrogen) atoms. The van der Waals surface area contributed by atoms with Crippen molar-refractivity contribution < 1.29 is 8.78 Å². The maximum absolute atomic E-state index is 12.8. The van der Waals surface area contributed by atoms with Crippen molar-refractivity contribution in [3.63, 3.8) is 0 Å². The Bertz CT molecular complexity index is 922. The maximum Gasteiger partial charge on any atom is 0.125 e. The molecule has 0 bridgehead atoms. The Morgan fingerprint density at radius 1 is 0.692 bits per heavy atom. The predicted octanol–water partition coefficient (Wildman–Crippen LogP) is 3.62. The number of hydrogen-bond donors (Lipinski definition) is 4. The highest BCUT2D eigenvalue weighted by Crippen LogP contribution is 2.20. The van der Waals surface area contributed by atoms with Crippen LogP contribution in [0.3, 0.4) is 0 Å². The minimum atomic E-state index is -0.214. The zero-order valence-corrected chi connectivity index (χ0v) is 14.4. The Kier molecular flexibility index (Phi) is 5.65. The molecule has 4 nitrogen and oxygen atoms in total. The summed E-state index contributed by atoms with van der Waals surface area (Å²) in [6.45, 7) is 1.23. The number of aromatic amines is 2. The van der Waals surface area contributed by atoms with Gasteiger partial charge in [0.15, 0.2) is 0 Å². The van der Waals surface area contributed by atoms with E-state index in [-0.39, 0.29) is 11.6 Å². The van der Waals surface area contributed by atoms with Gasteiger partial charge in [0.25, 0.3) is 0 Å². The van der Waals surface area contributed by atoms with Crippen molar-refractivity contribution in [2.75, 3.05) is 13.1 Å². The smallest absolute Gasteiger partial charge is 0.125 e. The Morgan fingerprint density at radius 3 is 1.50 bits per heavy atom. The lowest BCUT2D eigenvalue weighted by molar-refractivity contribution is 0.629. The van der Waals surface area contributed by atoms with Gasteiger partial charge in [-0.1, -0.05) is 0 Å². The van der Waals surface area contributed by atoms with Crippen molar-refractivity contribution in [1.82, 2.24) is 9.97 Å². The SMILES string of the molecule is NCCc1c[nH]c2cc(F)ccc12.NCCc1c[nH]c2cc(F)ccc12. The second-order valence-electron chi connectivity index (χ2n) is 6.08. The first-order valence-electron chi connectivity index (χ1n) is 8.53. The summed E-state index contributed by atoms with van der Waals surface area (Å²) in [7, 11) is 0. The molecular weight excluding hydrogens is 334 g/mol. The van der Waals surface area contributed by atoms with E-state index in [1.807, 2.05) is 12.4 Å². The van der Waals surface area contributed by atoms with Gasteiger partial charge in [-0.15, -0.1) is 0 Å². The van der Waals surface area contributed by atoms with Crippen LogP contribution in [0.15, 0.2) is 48.8 Å². The highest BCUT2D eigenvalue weighted by Gasteiger charge is 2.03. The van der Waals surface area contributed by atoms with Gasteiger partial charge < -0.3 is 21.4 Å². The maximum atomic E-state index is 12.8. The van der Waals surface area contributed by atoms with Gasteiger partial charge in [-0.2, -0.15) is 0 Å². The van der Waals surface area contributed by atoms with Crippen LogP contribution in [-0.4, -0.2) is 23.1 Å². The minimum absolute atomic E-state index is 0.214. The van der Waals surface area contributed by atoms with E-state index in [0.29, 0.717) is 13.1 Å². The van der Waals surface area contributed by atoms with Crippen LogP contribution in [0.5, 0.6) is 0 Å². The second-order valence-corrected chi connectivity index (χ2v) is 6.08. The largest absolute Gasteiger partial charge is 0.361 e. The number of hydrogen-bond acceptors (Lipinski definition) is 2. The molecule has 0 aliphatic heterocycles. The lowest BCUT2D eigenvalue weighted by Gasteiger charge is -1.95. The standard InChI is InChI=1S/2C10H11FN2/c2*11-8-1-2-9-7(3-4-12)6-13-10(9)5-8/h2*1-2,5-6,13H,3-4,12H2. The lowest BCUT2D eigenvalue weighted by Crippen LogP contribution is -2.01. The van der Waals surface area contributed by atoms with Crippen LogP contribution in [0.2, 0.25) is 0 Å². The molecular formula is C20H22F2N4. The molecule has 0 atom stereocenters. The molecule has 0 saturated carbocycles. The third-order valence-corrected chi connectivity index (χ3v) is 4.29. The highest BCUT2D eigenvalue weighted by atomic mass is 19.1. The number of aromatic nitrogens is 2. The molecule has 0 aliphatic carbocycles. The molecule has 4 rings (SSSR count). The molecule has 0 unspecified atom stereocenters. The van der Waals surface area contributed by atoms with E-state index in [2.05, 4.69) is 9.97 Å². The Labute approximate surface area is 150 Å². The van der Waals surface area contributed by atoms with Gasteiger partial charge in [0.2, 0.25) is 0 Å². The summed E-state index contributed by atoms with van der Waals surface area (Å²) in [6.07, 6.45) is 5.42. The van der Waals surface area contributed by atoms with Gasteiger partial charge in [0.1, 0.15) is 11.6 Å². The predicted molar refractivity (Wildman–Crippen MR) is 102 cm³/mol. The summed E-state index contributed by atoms with van der Waals surface area (Å²) >= 11 is 0. The normalized spacial score (nSPS) is 10.9. The number of nitrogens with one attached hydrogen (secondary N) is 2. The highest BCUT2D eigenvalue weighted by molar-refractivity contribution is 5.83. The van der Waals surface area contributed by atoms with E-state index in [1.165, 1.54) is 24.3 Å². The summed E-state index contributed by atoms with van der Waals surface area (Å²) in [4.78, 5) is 6.04. The topological polar surface area (TPSA) is 83.6 Å². The van der Waals surface area contributed by atoms with Crippen LogP contribution >= 0.6 is 0 Å². The molecule has 4 aromatic rings. The van der Waals surface area contributed by atoms with E-state index in [9.17, 15) is 8.78 Å². The van der Waals surface area contributed by atoms with E-state index < -0.39 is 0 Å².